The Balaban J connectivity index is 1.32. The quantitative estimate of drug-likeness (QED) is 0.664. The number of aryl methyl sites for hydroxylation is 2. The molecule has 2 aromatic heterocycles. The maximum Gasteiger partial charge on any atom is 0.274 e. The fourth-order valence-electron chi connectivity index (χ4n) is 3.64. The van der Waals surface area contributed by atoms with E-state index in [1.165, 1.54) is 4.68 Å². The molecule has 0 atom stereocenters. The number of benzene rings is 1. The van der Waals surface area contributed by atoms with Crippen molar-refractivity contribution >= 4 is 23.5 Å². The van der Waals surface area contributed by atoms with Crippen molar-refractivity contribution in [3.8, 4) is 0 Å². The molecular formula is C23H26N6O2. The van der Waals surface area contributed by atoms with E-state index in [2.05, 4.69) is 20.3 Å². The van der Waals surface area contributed by atoms with Crippen LogP contribution in [0.1, 0.15) is 22.5 Å². The highest BCUT2D eigenvalue weighted by Gasteiger charge is 2.25. The number of nitrogens with zero attached hydrogens (tertiary/aromatic N) is 5. The molecule has 31 heavy (non-hydrogen) atoms. The molecule has 4 rings (SSSR count). The van der Waals surface area contributed by atoms with Crippen LogP contribution in [0, 0.1) is 0 Å². The van der Waals surface area contributed by atoms with Crippen LogP contribution in [0.4, 0.5) is 11.6 Å². The van der Waals surface area contributed by atoms with Gasteiger partial charge in [0.25, 0.3) is 5.91 Å². The second kappa shape index (κ2) is 9.42. The van der Waals surface area contributed by atoms with Gasteiger partial charge < -0.3 is 15.1 Å². The molecule has 0 spiro atoms. The topological polar surface area (TPSA) is 83.4 Å². The molecule has 0 saturated carbocycles. The van der Waals surface area contributed by atoms with E-state index < -0.39 is 0 Å². The van der Waals surface area contributed by atoms with Gasteiger partial charge in [-0.05, 0) is 24.1 Å². The van der Waals surface area contributed by atoms with Crippen molar-refractivity contribution < 1.29 is 9.59 Å². The lowest BCUT2D eigenvalue weighted by molar-refractivity contribution is -0.116. The zero-order chi connectivity index (χ0) is 21.6. The van der Waals surface area contributed by atoms with Gasteiger partial charge in [0.15, 0.2) is 5.69 Å². The highest BCUT2D eigenvalue weighted by Crippen LogP contribution is 2.16. The average Bonchev–Trinajstić information content (AvgIpc) is 3.18. The summed E-state index contributed by atoms with van der Waals surface area (Å²) in [6.45, 7) is 2.65. The van der Waals surface area contributed by atoms with Gasteiger partial charge in [0, 0.05) is 51.9 Å². The first-order chi connectivity index (χ1) is 15.1. The number of anilines is 2. The number of nitrogens with one attached hydrogen (secondary N) is 1. The maximum atomic E-state index is 12.9. The minimum absolute atomic E-state index is 0.102. The van der Waals surface area contributed by atoms with Crippen LogP contribution in [0.5, 0.6) is 0 Å². The number of carbonyl (C=O) groups is 2. The monoisotopic (exact) mass is 418 g/mol. The summed E-state index contributed by atoms with van der Waals surface area (Å²) in [5.41, 5.74) is 1.45. The summed E-state index contributed by atoms with van der Waals surface area (Å²) in [4.78, 5) is 33.6. The number of hydrogen-bond donors (Lipinski definition) is 1. The van der Waals surface area contributed by atoms with E-state index in [0.717, 1.165) is 24.5 Å². The molecule has 1 aliphatic rings. The first-order valence-corrected chi connectivity index (χ1v) is 10.4. The summed E-state index contributed by atoms with van der Waals surface area (Å²) in [6, 6.07) is 17.4. The molecular weight excluding hydrogens is 392 g/mol. The summed E-state index contributed by atoms with van der Waals surface area (Å²) < 4.78 is 1.54. The van der Waals surface area contributed by atoms with Gasteiger partial charge in [-0.15, -0.1) is 0 Å². The van der Waals surface area contributed by atoms with Crippen molar-refractivity contribution in [2.45, 2.75) is 12.8 Å². The lowest BCUT2D eigenvalue weighted by Crippen LogP contribution is -2.49. The number of carbonyl (C=O) groups excluding carboxylic acids is 2. The second-order valence-electron chi connectivity index (χ2n) is 7.54. The highest BCUT2D eigenvalue weighted by molar-refractivity contribution is 5.95. The van der Waals surface area contributed by atoms with Crippen LogP contribution in [0.25, 0.3) is 0 Å². The van der Waals surface area contributed by atoms with Gasteiger partial charge in [0.05, 0.1) is 0 Å². The molecule has 1 fully saturated rings. The fourth-order valence-corrected chi connectivity index (χ4v) is 3.64. The maximum absolute atomic E-state index is 12.9. The van der Waals surface area contributed by atoms with E-state index in [9.17, 15) is 9.59 Å². The molecule has 0 unspecified atom stereocenters. The molecule has 160 valence electrons. The van der Waals surface area contributed by atoms with Crippen LogP contribution in [0.3, 0.4) is 0 Å². The van der Waals surface area contributed by atoms with Crippen molar-refractivity contribution in [2.75, 3.05) is 36.4 Å². The van der Waals surface area contributed by atoms with Crippen molar-refractivity contribution in [3.05, 3.63) is 72.1 Å². The van der Waals surface area contributed by atoms with Gasteiger partial charge in [0.1, 0.15) is 11.6 Å². The molecule has 1 aliphatic heterocycles. The summed E-state index contributed by atoms with van der Waals surface area (Å²) in [5.74, 6) is 1.22. The molecule has 1 aromatic carbocycles. The molecule has 1 saturated heterocycles. The zero-order valence-corrected chi connectivity index (χ0v) is 17.6. The molecule has 1 N–H and O–H groups in total. The molecule has 3 aromatic rings. The zero-order valence-electron chi connectivity index (χ0n) is 17.6. The van der Waals surface area contributed by atoms with Gasteiger partial charge in [-0.2, -0.15) is 5.10 Å². The van der Waals surface area contributed by atoms with Gasteiger partial charge in [-0.3, -0.25) is 14.3 Å². The molecule has 0 bridgehead atoms. The third-order valence-electron chi connectivity index (χ3n) is 5.39. The van der Waals surface area contributed by atoms with Crippen LogP contribution in [-0.4, -0.2) is 57.7 Å². The highest BCUT2D eigenvalue weighted by atomic mass is 16.2. The van der Waals surface area contributed by atoms with Crippen LogP contribution in [0.15, 0.2) is 60.8 Å². The summed E-state index contributed by atoms with van der Waals surface area (Å²) >= 11 is 0. The van der Waals surface area contributed by atoms with Gasteiger partial charge in [0.2, 0.25) is 5.91 Å². The molecule has 8 nitrogen and oxygen atoms in total. The summed E-state index contributed by atoms with van der Waals surface area (Å²) in [7, 11) is 1.72. The minimum atomic E-state index is -0.124. The Hall–Kier alpha value is -3.68. The number of piperazine rings is 1. The third kappa shape index (κ3) is 5.09. The van der Waals surface area contributed by atoms with E-state index in [1.54, 1.807) is 24.2 Å². The summed E-state index contributed by atoms with van der Waals surface area (Å²) in [5, 5.41) is 7.18. The predicted octanol–water partition coefficient (Wildman–Crippen LogP) is 2.35. The molecule has 8 heteroatoms. The predicted molar refractivity (Wildman–Crippen MR) is 119 cm³/mol. The Morgan fingerprint density at radius 3 is 2.45 bits per heavy atom. The number of aromatic nitrogens is 3. The van der Waals surface area contributed by atoms with E-state index >= 15 is 0 Å². The van der Waals surface area contributed by atoms with E-state index in [4.69, 9.17) is 0 Å². The van der Waals surface area contributed by atoms with Crippen molar-refractivity contribution in [1.82, 2.24) is 19.7 Å². The van der Waals surface area contributed by atoms with E-state index in [1.807, 2.05) is 48.5 Å². The first kappa shape index (κ1) is 20.6. The standard InChI is InChI=1S/C23H26N6O2/c1-27-21(25-22(30)11-10-18-7-3-2-4-8-18)17-19(26-27)23(31)29-15-13-28(14-16-29)20-9-5-6-12-24-20/h2-9,12,17H,10-11,13-16H2,1H3,(H,25,30). The Labute approximate surface area is 181 Å². The Kier molecular flexibility index (Phi) is 6.26. The van der Waals surface area contributed by atoms with E-state index in [0.29, 0.717) is 37.4 Å². The Morgan fingerprint density at radius 2 is 1.74 bits per heavy atom. The fraction of sp³-hybridized carbons (Fsp3) is 0.304. The first-order valence-electron chi connectivity index (χ1n) is 10.4. The number of pyridine rings is 1. The minimum Gasteiger partial charge on any atom is -0.353 e. The molecule has 2 amide bonds. The molecule has 3 heterocycles. The summed E-state index contributed by atoms with van der Waals surface area (Å²) in [6.07, 6.45) is 2.81. The van der Waals surface area contributed by atoms with Crippen LogP contribution >= 0.6 is 0 Å². The second-order valence-corrected chi connectivity index (χ2v) is 7.54. The molecule has 0 radical (unpaired) electrons. The SMILES string of the molecule is Cn1nc(C(=O)N2CCN(c3ccccn3)CC2)cc1NC(=O)CCc1ccccc1. The third-order valence-corrected chi connectivity index (χ3v) is 5.39. The van der Waals surface area contributed by atoms with Crippen LogP contribution in [0.2, 0.25) is 0 Å². The largest absolute Gasteiger partial charge is 0.353 e. The number of rotatable bonds is 6. The normalized spacial score (nSPS) is 13.8. The van der Waals surface area contributed by atoms with Crippen molar-refractivity contribution in [2.24, 2.45) is 7.05 Å². The number of amides is 2. The average molecular weight is 419 g/mol. The Morgan fingerprint density at radius 1 is 1.00 bits per heavy atom. The van der Waals surface area contributed by atoms with Gasteiger partial charge in [-0.25, -0.2) is 4.98 Å². The van der Waals surface area contributed by atoms with Gasteiger partial charge >= 0.3 is 0 Å². The lowest BCUT2D eigenvalue weighted by atomic mass is 10.1. The van der Waals surface area contributed by atoms with Gasteiger partial charge in [-0.1, -0.05) is 36.4 Å². The molecule has 0 aliphatic carbocycles. The van der Waals surface area contributed by atoms with E-state index in [-0.39, 0.29) is 11.8 Å². The van der Waals surface area contributed by atoms with Crippen LogP contribution in [-0.2, 0) is 18.3 Å². The number of hydrogen-bond acceptors (Lipinski definition) is 5. The Bertz CT molecular complexity index is 1030. The van der Waals surface area contributed by atoms with Crippen LogP contribution < -0.4 is 10.2 Å². The van der Waals surface area contributed by atoms with Crippen molar-refractivity contribution in [3.63, 3.8) is 0 Å². The smallest absolute Gasteiger partial charge is 0.274 e. The van der Waals surface area contributed by atoms with Crippen molar-refractivity contribution in [1.29, 1.82) is 0 Å². The lowest BCUT2D eigenvalue weighted by Gasteiger charge is -2.35.